The number of hydrogen-bond donors (Lipinski definition) is 1. The van der Waals surface area contributed by atoms with Crippen LogP contribution in [0.4, 0.5) is 5.69 Å². The summed E-state index contributed by atoms with van der Waals surface area (Å²) in [5.74, 6) is 0.413. The van der Waals surface area contributed by atoms with Gasteiger partial charge in [0, 0.05) is 16.1 Å². The summed E-state index contributed by atoms with van der Waals surface area (Å²) in [5, 5.41) is 3.32. The summed E-state index contributed by atoms with van der Waals surface area (Å²) in [6, 6.07) is 22.2. The fourth-order valence-electron chi connectivity index (χ4n) is 2.85. The number of rotatable bonds is 5. The average Bonchev–Trinajstić information content (AvgIpc) is 2.73. The van der Waals surface area contributed by atoms with Crippen molar-refractivity contribution in [2.75, 3.05) is 11.1 Å². The van der Waals surface area contributed by atoms with Crippen molar-refractivity contribution in [3.05, 3.63) is 88.8 Å². The van der Waals surface area contributed by atoms with Crippen molar-refractivity contribution in [2.24, 2.45) is 0 Å². The van der Waals surface area contributed by atoms with E-state index in [9.17, 15) is 9.59 Å². The summed E-state index contributed by atoms with van der Waals surface area (Å²) in [6.45, 7) is 2.03. The third-order valence-electron chi connectivity index (χ3n) is 4.32. The first-order valence-electron chi connectivity index (χ1n) is 9.08. The lowest BCUT2D eigenvalue weighted by atomic mass is 10.2. The molecule has 144 valence electrons. The van der Waals surface area contributed by atoms with Gasteiger partial charge < -0.3 is 9.73 Å². The second-order valence-electron chi connectivity index (χ2n) is 6.55. The SMILES string of the molecule is Cc1ccc(SCC(=O)Nc2cccc(-c3nc4ccccc4c(=O)o3)c2)cc1. The molecule has 0 spiro atoms. The molecule has 0 unspecified atom stereocenters. The number of nitrogens with zero attached hydrogens (tertiary/aromatic N) is 1. The molecule has 4 rings (SSSR count). The number of hydrogen-bond acceptors (Lipinski definition) is 5. The van der Waals surface area contributed by atoms with Gasteiger partial charge in [-0.2, -0.15) is 0 Å². The number of amides is 1. The van der Waals surface area contributed by atoms with Gasteiger partial charge in [0.25, 0.3) is 0 Å². The monoisotopic (exact) mass is 402 g/mol. The first-order chi connectivity index (χ1) is 14.1. The first-order valence-corrected chi connectivity index (χ1v) is 10.1. The summed E-state index contributed by atoms with van der Waals surface area (Å²) >= 11 is 1.48. The number of carbonyl (C=O) groups excluding carboxylic acids is 1. The van der Waals surface area contributed by atoms with Gasteiger partial charge in [0.2, 0.25) is 11.8 Å². The van der Waals surface area contributed by atoms with Crippen LogP contribution in [0.5, 0.6) is 0 Å². The van der Waals surface area contributed by atoms with Gasteiger partial charge in [-0.1, -0.05) is 35.9 Å². The van der Waals surface area contributed by atoms with Gasteiger partial charge in [0.05, 0.1) is 16.7 Å². The van der Waals surface area contributed by atoms with E-state index in [2.05, 4.69) is 10.3 Å². The normalized spacial score (nSPS) is 10.8. The molecule has 3 aromatic carbocycles. The molecule has 6 heteroatoms. The zero-order valence-electron chi connectivity index (χ0n) is 15.7. The van der Waals surface area contributed by atoms with Crippen molar-refractivity contribution in [1.29, 1.82) is 0 Å². The zero-order chi connectivity index (χ0) is 20.2. The first kappa shape index (κ1) is 19.0. The fraction of sp³-hybridized carbons (Fsp3) is 0.0870. The zero-order valence-corrected chi connectivity index (χ0v) is 16.5. The van der Waals surface area contributed by atoms with Crippen LogP contribution in [0.3, 0.4) is 0 Å². The molecule has 0 saturated carbocycles. The predicted octanol–water partition coefficient (Wildman–Crippen LogP) is 4.89. The molecule has 0 aliphatic heterocycles. The molecule has 29 heavy (non-hydrogen) atoms. The van der Waals surface area contributed by atoms with Crippen LogP contribution in [-0.4, -0.2) is 16.6 Å². The average molecular weight is 402 g/mol. The Hall–Kier alpha value is -3.38. The molecule has 0 radical (unpaired) electrons. The number of nitrogens with one attached hydrogen (secondary N) is 1. The van der Waals surface area contributed by atoms with Crippen molar-refractivity contribution >= 4 is 34.3 Å². The summed E-state index contributed by atoms with van der Waals surface area (Å²) in [5.41, 5.74) is 2.56. The molecule has 1 N–H and O–H groups in total. The van der Waals surface area contributed by atoms with E-state index in [4.69, 9.17) is 4.42 Å². The van der Waals surface area contributed by atoms with Crippen LogP contribution in [0.15, 0.2) is 86.9 Å². The number of fused-ring (bicyclic) bond motifs is 1. The van der Waals surface area contributed by atoms with Gasteiger partial charge in [-0.15, -0.1) is 11.8 Å². The Labute approximate surface area is 171 Å². The number of aromatic nitrogens is 1. The Morgan fingerprint density at radius 3 is 2.66 bits per heavy atom. The van der Waals surface area contributed by atoms with Crippen molar-refractivity contribution in [3.8, 4) is 11.5 Å². The Balaban J connectivity index is 1.49. The molecule has 0 fully saturated rings. The summed E-state index contributed by atoms with van der Waals surface area (Å²) in [6.07, 6.45) is 0. The van der Waals surface area contributed by atoms with Gasteiger partial charge in [0.15, 0.2) is 0 Å². The second-order valence-corrected chi connectivity index (χ2v) is 7.60. The molecular weight excluding hydrogens is 384 g/mol. The minimum atomic E-state index is -0.436. The highest BCUT2D eigenvalue weighted by Gasteiger charge is 2.10. The largest absolute Gasteiger partial charge is 0.403 e. The molecule has 0 aliphatic rings. The highest BCUT2D eigenvalue weighted by Crippen LogP contribution is 2.23. The molecule has 1 amide bonds. The van der Waals surface area contributed by atoms with E-state index in [1.807, 2.05) is 37.3 Å². The van der Waals surface area contributed by atoms with E-state index < -0.39 is 5.63 Å². The molecule has 5 nitrogen and oxygen atoms in total. The Bertz CT molecular complexity index is 1230. The summed E-state index contributed by atoms with van der Waals surface area (Å²) < 4.78 is 5.37. The van der Waals surface area contributed by atoms with Crippen LogP contribution in [0, 0.1) is 6.92 Å². The minimum Gasteiger partial charge on any atom is -0.403 e. The standard InChI is InChI=1S/C23H18N2O3S/c1-15-9-11-18(12-10-15)29-14-21(26)24-17-6-4-5-16(13-17)22-25-20-8-3-2-7-19(20)23(27)28-22/h2-13H,14H2,1H3,(H,24,26). The quantitative estimate of drug-likeness (QED) is 0.481. The molecule has 4 aromatic rings. The fourth-order valence-corrected chi connectivity index (χ4v) is 3.55. The number of carbonyl (C=O) groups is 1. The number of benzene rings is 3. The Kier molecular flexibility index (Phi) is 5.44. The molecule has 0 aliphatic carbocycles. The third-order valence-corrected chi connectivity index (χ3v) is 5.33. The number of thioether (sulfide) groups is 1. The van der Waals surface area contributed by atoms with Gasteiger partial charge in [-0.05, 0) is 49.4 Å². The van der Waals surface area contributed by atoms with Gasteiger partial charge in [-0.3, -0.25) is 4.79 Å². The maximum absolute atomic E-state index is 12.3. The van der Waals surface area contributed by atoms with E-state index in [1.165, 1.54) is 17.3 Å². The minimum absolute atomic E-state index is 0.111. The van der Waals surface area contributed by atoms with Crippen LogP contribution in [0.1, 0.15) is 5.56 Å². The molecule has 0 atom stereocenters. The van der Waals surface area contributed by atoms with E-state index in [-0.39, 0.29) is 11.8 Å². The smallest absolute Gasteiger partial charge is 0.347 e. The highest BCUT2D eigenvalue weighted by atomic mass is 32.2. The maximum Gasteiger partial charge on any atom is 0.347 e. The maximum atomic E-state index is 12.3. The second kappa shape index (κ2) is 8.32. The molecule has 0 saturated heterocycles. The topological polar surface area (TPSA) is 72.2 Å². The molecule has 1 heterocycles. The lowest BCUT2D eigenvalue weighted by Crippen LogP contribution is -2.14. The van der Waals surface area contributed by atoms with Gasteiger partial charge >= 0.3 is 5.63 Å². The number of para-hydroxylation sites is 1. The van der Waals surface area contributed by atoms with E-state index in [1.54, 1.807) is 42.5 Å². The Morgan fingerprint density at radius 1 is 1.03 bits per heavy atom. The predicted molar refractivity (Wildman–Crippen MR) is 116 cm³/mol. The lowest BCUT2D eigenvalue weighted by molar-refractivity contribution is -0.113. The van der Waals surface area contributed by atoms with Crippen LogP contribution in [-0.2, 0) is 4.79 Å². The number of anilines is 1. The van der Waals surface area contributed by atoms with E-state index in [0.29, 0.717) is 27.9 Å². The van der Waals surface area contributed by atoms with Crippen LogP contribution < -0.4 is 10.9 Å². The summed E-state index contributed by atoms with van der Waals surface area (Å²) in [4.78, 5) is 30.0. The van der Waals surface area contributed by atoms with E-state index in [0.717, 1.165) is 4.90 Å². The van der Waals surface area contributed by atoms with E-state index >= 15 is 0 Å². The third kappa shape index (κ3) is 4.55. The summed E-state index contributed by atoms with van der Waals surface area (Å²) in [7, 11) is 0. The van der Waals surface area contributed by atoms with Crippen molar-refractivity contribution in [2.45, 2.75) is 11.8 Å². The molecular formula is C23H18N2O3S. The Morgan fingerprint density at radius 2 is 1.83 bits per heavy atom. The van der Waals surface area contributed by atoms with Crippen LogP contribution in [0.25, 0.3) is 22.4 Å². The van der Waals surface area contributed by atoms with Crippen molar-refractivity contribution in [3.63, 3.8) is 0 Å². The lowest BCUT2D eigenvalue weighted by Gasteiger charge is -2.07. The molecule has 1 aromatic heterocycles. The van der Waals surface area contributed by atoms with Crippen LogP contribution >= 0.6 is 11.8 Å². The molecule has 0 bridgehead atoms. The van der Waals surface area contributed by atoms with Crippen molar-refractivity contribution in [1.82, 2.24) is 4.98 Å². The van der Waals surface area contributed by atoms with Crippen LogP contribution in [0.2, 0.25) is 0 Å². The van der Waals surface area contributed by atoms with Crippen molar-refractivity contribution < 1.29 is 9.21 Å². The number of aryl methyl sites for hydroxylation is 1. The van der Waals surface area contributed by atoms with Gasteiger partial charge in [0.1, 0.15) is 0 Å². The van der Waals surface area contributed by atoms with Gasteiger partial charge in [-0.25, -0.2) is 9.78 Å². The highest BCUT2D eigenvalue weighted by molar-refractivity contribution is 8.00.